The van der Waals surface area contributed by atoms with Crippen molar-refractivity contribution in [3.63, 3.8) is 0 Å². The van der Waals surface area contributed by atoms with Gasteiger partial charge in [0.25, 0.3) is 0 Å². The fourth-order valence-corrected chi connectivity index (χ4v) is 2.55. The van der Waals surface area contributed by atoms with Crippen molar-refractivity contribution in [2.24, 2.45) is 5.73 Å². The number of primary amides is 1. The predicted molar refractivity (Wildman–Crippen MR) is 61.7 cm³/mol. The van der Waals surface area contributed by atoms with Crippen LogP contribution in [-0.2, 0) is 14.4 Å². The van der Waals surface area contributed by atoms with Crippen LogP contribution in [0.4, 0.5) is 0 Å². The Bertz CT molecular complexity index is 341. The zero-order valence-corrected chi connectivity index (χ0v) is 10.5. The van der Waals surface area contributed by atoms with Gasteiger partial charge in [-0.3, -0.25) is 19.3 Å². The summed E-state index contributed by atoms with van der Waals surface area (Å²) in [7, 11) is 0. The Kier molecular flexibility index (Phi) is 3.62. The van der Waals surface area contributed by atoms with Crippen LogP contribution in [0.3, 0.4) is 0 Å². The maximum Gasteiger partial charge on any atom is 0.243 e. The summed E-state index contributed by atoms with van der Waals surface area (Å²) >= 11 is 1.35. The molecule has 5 nitrogen and oxygen atoms in total. The summed E-state index contributed by atoms with van der Waals surface area (Å²) in [6.45, 7) is 3.35. The number of nitrogens with zero attached hydrogens (tertiary/aromatic N) is 1. The highest BCUT2D eigenvalue weighted by atomic mass is 32.2. The summed E-state index contributed by atoms with van der Waals surface area (Å²) in [4.78, 5) is 35.7. The van der Waals surface area contributed by atoms with Gasteiger partial charge < -0.3 is 5.73 Å². The minimum absolute atomic E-state index is 0.00835. The standard InChI is InChI=1S/C10H16N2O3S/c1-10(2,5-7(11)13)12-8(14)4-6(16-3)9(12)15/h6H,4-5H2,1-3H3,(H2,11,13). The van der Waals surface area contributed by atoms with Crippen molar-refractivity contribution in [1.82, 2.24) is 4.90 Å². The van der Waals surface area contributed by atoms with Crippen molar-refractivity contribution in [2.75, 3.05) is 6.26 Å². The van der Waals surface area contributed by atoms with Crippen molar-refractivity contribution >= 4 is 29.5 Å². The molecule has 1 aliphatic heterocycles. The first kappa shape index (κ1) is 13.0. The number of hydrogen-bond donors (Lipinski definition) is 1. The van der Waals surface area contributed by atoms with Crippen molar-refractivity contribution in [2.45, 2.75) is 37.5 Å². The van der Waals surface area contributed by atoms with Crippen molar-refractivity contribution in [3.8, 4) is 0 Å². The van der Waals surface area contributed by atoms with Gasteiger partial charge in [0, 0.05) is 12.8 Å². The molecule has 0 radical (unpaired) electrons. The highest BCUT2D eigenvalue weighted by Crippen LogP contribution is 2.30. The fraction of sp³-hybridized carbons (Fsp3) is 0.700. The van der Waals surface area contributed by atoms with E-state index in [0.29, 0.717) is 0 Å². The highest BCUT2D eigenvalue weighted by molar-refractivity contribution is 8.00. The molecule has 6 heteroatoms. The first-order chi connectivity index (χ1) is 7.29. The van der Waals surface area contributed by atoms with Crippen molar-refractivity contribution in [3.05, 3.63) is 0 Å². The molecule has 0 aromatic heterocycles. The van der Waals surface area contributed by atoms with Crippen LogP contribution in [0.5, 0.6) is 0 Å². The molecule has 1 atom stereocenters. The summed E-state index contributed by atoms with van der Waals surface area (Å²) in [5.74, 6) is -0.961. The van der Waals surface area contributed by atoms with Gasteiger partial charge in [-0.15, -0.1) is 0 Å². The lowest BCUT2D eigenvalue weighted by molar-refractivity contribution is -0.145. The molecule has 90 valence electrons. The lowest BCUT2D eigenvalue weighted by Crippen LogP contribution is -2.50. The van der Waals surface area contributed by atoms with Gasteiger partial charge in [0.05, 0.1) is 10.8 Å². The molecule has 3 amide bonds. The number of likely N-dealkylation sites (tertiary alicyclic amines) is 1. The molecule has 0 bridgehead atoms. The first-order valence-corrected chi connectivity index (χ1v) is 6.26. The molecule has 0 saturated carbocycles. The second kappa shape index (κ2) is 4.45. The van der Waals surface area contributed by atoms with Gasteiger partial charge in [-0.2, -0.15) is 11.8 Å². The first-order valence-electron chi connectivity index (χ1n) is 4.97. The molecule has 0 aromatic rings. The maximum atomic E-state index is 11.9. The van der Waals surface area contributed by atoms with Crippen LogP contribution in [0.15, 0.2) is 0 Å². The maximum absolute atomic E-state index is 11.9. The molecule has 1 unspecified atom stereocenters. The third-order valence-corrected chi connectivity index (χ3v) is 3.54. The monoisotopic (exact) mass is 244 g/mol. The summed E-state index contributed by atoms with van der Waals surface area (Å²) in [6, 6.07) is 0. The van der Waals surface area contributed by atoms with Crippen LogP contribution >= 0.6 is 11.8 Å². The van der Waals surface area contributed by atoms with E-state index >= 15 is 0 Å². The van der Waals surface area contributed by atoms with Gasteiger partial charge in [-0.25, -0.2) is 0 Å². The number of thioether (sulfide) groups is 1. The van der Waals surface area contributed by atoms with E-state index in [-0.39, 0.29) is 29.9 Å². The third kappa shape index (κ3) is 2.37. The Morgan fingerprint density at radius 1 is 1.56 bits per heavy atom. The summed E-state index contributed by atoms with van der Waals surface area (Å²) in [5.41, 5.74) is 4.28. The number of imide groups is 1. The summed E-state index contributed by atoms with van der Waals surface area (Å²) in [5, 5.41) is -0.320. The van der Waals surface area contributed by atoms with Gasteiger partial charge in [0.1, 0.15) is 0 Å². The number of nitrogens with two attached hydrogens (primary N) is 1. The van der Waals surface area contributed by atoms with Crippen LogP contribution in [-0.4, -0.2) is 39.7 Å². The smallest absolute Gasteiger partial charge is 0.243 e. The molecule has 1 aliphatic rings. The number of carbonyl (C=O) groups excluding carboxylic acids is 3. The minimum atomic E-state index is -0.829. The van der Waals surface area contributed by atoms with E-state index in [9.17, 15) is 14.4 Å². The molecule has 1 saturated heterocycles. The van der Waals surface area contributed by atoms with E-state index in [0.717, 1.165) is 0 Å². The van der Waals surface area contributed by atoms with E-state index in [4.69, 9.17) is 5.73 Å². The number of hydrogen-bond acceptors (Lipinski definition) is 4. The number of carbonyl (C=O) groups is 3. The number of amides is 3. The van der Waals surface area contributed by atoms with Crippen molar-refractivity contribution < 1.29 is 14.4 Å². The topological polar surface area (TPSA) is 80.5 Å². The molecule has 0 spiro atoms. The van der Waals surface area contributed by atoms with Gasteiger partial charge >= 0.3 is 0 Å². The van der Waals surface area contributed by atoms with E-state index < -0.39 is 11.4 Å². The third-order valence-electron chi connectivity index (χ3n) is 2.60. The zero-order chi connectivity index (χ0) is 12.5. The van der Waals surface area contributed by atoms with E-state index in [2.05, 4.69) is 0 Å². The Labute approximate surface area is 98.7 Å². The van der Waals surface area contributed by atoms with Gasteiger partial charge in [0.15, 0.2) is 0 Å². The van der Waals surface area contributed by atoms with Crippen LogP contribution < -0.4 is 5.73 Å². The lowest BCUT2D eigenvalue weighted by atomic mass is 9.98. The Morgan fingerprint density at radius 2 is 2.12 bits per heavy atom. The van der Waals surface area contributed by atoms with Crippen molar-refractivity contribution in [1.29, 1.82) is 0 Å². The molecule has 0 aromatic carbocycles. The Balaban J connectivity index is 2.91. The second-order valence-corrected chi connectivity index (χ2v) is 5.49. The molecule has 16 heavy (non-hydrogen) atoms. The highest BCUT2D eigenvalue weighted by Gasteiger charge is 2.46. The SMILES string of the molecule is CSC1CC(=O)N(C(C)(C)CC(N)=O)C1=O. The predicted octanol–water partition coefficient (Wildman–Crippen LogP) is 0.131. The van der Waals surface area contributed by atoms with Gasteiger partial charge in [-0.1, -0.05) is 0 Å². The van der Waals surface area contributed by atoms with Crippen LogP contribution in [0.25, 0.3) is 0 Å². The van der Waals surface area contributed by atoms with E-state index in [1.807, 2.05) is 0 Å². The quantitative estimate of drug-likeness (QED) is 0.713. The molecular weight excluding hydrogens is 228 g/mol. The van der Waals surface area contributed by atoms with Crippen LogP contribution in [0.2, 0.25) is 0 Å². The Morgan fingerprint density at radius 3 is 2.50 bits per heavy atom. The zero-order valence-electron chi connectivity index (χ0n) is 9.65. The normalized spacial score (nSPS) is 21.7. The molecular formula is C10H16N2O3S. The van der Waals surface area contributed by atoms with Crippen LogP contribution in [0.1, 0.15) is 26.7 Å². The largest absolute Gasteiger partial charge is 0.370 e. The van der Waals surface area contributed by atoms with Gasteiger partial charge in [-0.05, 0) is 20.1 Å². The van der Waals surface area contributed by atoms with Gasteiger partial charge in [0.2, 0.25) is 17.7 Å². The summed E-state index contributed by atoms with van der Waals surface area (Å²) in [6.07, 6.45) is 1.99. The second-order valence-electron chi connectivity index (χ2n) is 4.45. The molecule has 1 fully saturated rings. The number of rotatable bonds is 4. The molecule has 0 aliphatic carbocycles. The fourth-order valence-electron chi connectivity index (χ4n) is 1.93. The molecule has 2 N–H and O–H groups in total. The summed E-state index contributed by atoms with van der Waals surface area (Å²) < 4.78 is 0. The minimum Gasteiger partial charge on any atom is -0.370 e. The van der Waals surface area contributed by atoms with E-state index in [1.165, 1.54) is 16.7 Å². The van der Waals surface area contributed by atoms with Crippen LogP contribution in [0, 0.1) is 0 Å². The average Bonchev–Trinajstić information content (AvgIpc) is 2.39. The van der Waals surface area contributed by atoms with E-state index in [1.54, 1.807) is 20.1 Å². The Hall–Kier alpha value is -1.04. The lowest BCUT2D eigenvalue weighted by Gasteiger charge is -2.33. The average molecular weight is 244 g/mol. The molecule has 1 heterocycles. The molecule has 1 rings (SSSR count).